The molecule has 0 fully saturated rings. The maximum Gasteiger partial charge on any atom is 0.125 e. The Labute approximate surface area is 196 Å². The van der Waals surface area contributed by atoms with E-state index in [1.165, 1.54) is 11.1 Å². The molecule has 0 unspecified atom stereocenters. The number of aryl methyl sites for hydroxylation is 6. The van der Waals surface area contributed by atoms with E-state index in [0.29, 0.717) is 13.2 Å². The predicted molar refractivity (Wildman–Crippen MR) is 135 cm³/mol. The van der Waals surface area contributed by atoms with Crippen molar-refractivity contribution in [1.29, 1.82) is 0 Å². The van der Waals surface area contributed by atoms with E-state index in [1.54, 1.807) is 0 Å². The van der Waals surface area contributed by atoms with Crippen molar-refractivity contribution >= 4 is 34.4 Å². The lowest BCUT2D eigenvalue weighted by atomic mass is 10.1. The van der Waals surface area contributed by atoms with Gasteiger partial charge in [0, 0.05) is 5.30 Å². The van der Waals surface area contributed by atoms with Crippen molar-refractivity contribution in [2.75, 3.05) is 0 Å². The van der Waals surface area contributed by atoms with Crippen LogP contribution in [0.15, 0.2) is 42.5 Å². The zero-order valence-electron chi connectivity index (χ0n) is 19.0. The first-order valence-corrected chi connectivity index (χ1v) is 13.5. The fraction of sp³-hybridized carbons (Fsp3) is 0.308. The van der Waals surface area contributed by atoms with Gasteiger partial charge in [0.15, 0.2) is 0 Å². The Bertz CT molecular complexity index is 967. The van der Waals surface area contributed by atoms with Gasteiger partial charge in [-0.05, 0) is 74.9 Å². The minimum absolute atomic E-state index is 0.411. The maximum absolute atomic E-state index is 6.46. The van der Waals surface area contributed by atoms with Gasteiger partial charge in [-0.1, -0.05) is 76.1 Å². The first-order valence-electron chi connectivity index (χ1n) is 10.3. The summed E-state index contributed by atoms with van der Waals surface area (Å²) in [4.78, 5) is 0. The van der Waals surface area contributed by atoms with Crippen LogP contribution in [-0.4, -0.2) is 0 Å². The molecule has 0 radical (unpaired) electrons. The van der Waals surface area contributed by atoms with Gasteiger partial charge in [0.2, 0.25) is 0 Å². The van der Waals surface area contributed by atoms with Crippen molar-refractivity contribution in [3.05, 3.63) is 87.0 Å². The van der Waals surface area contributed by atoms with Crippen molar-refractivity contribution in [2.45, 2.75) is 54.8 Å². The minimum Gasteiger partial charge on any atom is -0.488 e. The fourth-order valence-electron chi connectivity index (χ4n) is 4.18. The molecule has 0 saturated carbocycles. The summed E-state index contributed by atoms with van der Waals surface area (Å²) in [6.45, 7) is 11.9. The summed E-state index contributed by atoms with van der Waals surface area (Å²) in [6.07, 6.45) is 0. The number of halogens is 2. The van der Waals surface area contributed by atoms with Crippen LogP contribution in [0.4, 0.5) is 0 Å². The first-order chi connectivity index (χ1) is 14.7. The molecule has 0 atom stereocenters. The largest absolute Gasteiger partial charge is 0.488 e. The lowest BCUT2D eigenvalue weighted by Crippen LogP contribution is -2.16. The van der Waals surface area contributed by atoms with Gasteiger partial charge in [0.1, 0.15) is 31.3 Å². The van der Waals surface area contributed by atoms with E-state index in [1.807, 2.05) is 18.2 Å². The molecule has 0 N–H and O–H groups in total. The molecule has 0 spiro atoms. The van der Waals surface area contributed by atoms with E-state index in [0.717, 1.165) is 50.2 Å². The summed E-state index contributed by atoms with van der Waals surface area (Å²) < 4.78 is 12.4. The number of hydrogen-bond donors (Lipinski definition) is 0. The number of rotatable bonds is 7. The van der Waals surface area contributed by atoms with E-state index in [4.69, 9.17) is 32.0 Å². The zero-order valence-corrected chi connectivity index (χ0v) is 21.4. The Kier molecular flexibility index (Phi) is 7.92. The van der Waals surface area contributed by atoms with E-state index in [-0.39, 0.29) is 0 Å². The smallest absolute Gasteiger partial charge is 0.125 e. The highest BCUT2D eigenvalue weighted by Crippen LogP contribution is 2.47. The number of benzene rings is 3. The molecule has 0 aliphatic carbocycles. The Morgan fingerprint density at radius 2 is 1.00 bits per heavy atom. The van der Waals surface area contributed by atoms with Gasteiger partial charge in [-0.15, -0.1) is 0 Å². The molecular weight excluding hydrogens is 446 g/mol. The van der Waals surface area contributed by atoms with Crippen molar-refractivity contribution in [3.63, 3.8) is 0 Å². The van der Waals surface area contributed by atoms with Crippen LogP contribution in [0.1, 0.15) is 44.5 Å². The van der Waals surface area contributed by atoms with Crippen LogP contribution in [0.5, 0.6) is 11.5 Å². The van der Waals surface area contributed by atoms with Crippen LogP contribution < -0.4 is 14.8 Å². The summed E-state index contributed by atoms with van der Waals surface area (Å²) in [6, 6.07) is 14.6. The molecule has 0 aliphatic rings. The quantitative estimate of drug-likeness (QED) is 0.322. The average Bonchev–Trinajstić information content (AvgIpc) is 2.66. The molecule has 0 bridgehead atoms. The summed E-state index contributed by atoms with van der Waals surface area (Å²) in [7, 11) is 0. The molecule has 0 aromatic heterocycles. The highest BCUT2D eigenvalue weighted by Gasteiger charge is 2.18. The molecule has 164 valence electrons. The normalized spacial score (nSPS) is 11.1. The Morgan fingerprint density at radius 3 is 1.32 bits per heavy atom. The molecule has 0 heterocycles. The van der Waals surface area contributed by atoms with E-state index >= 15 is 0 Å². The Morgan fingerprint density at radius 1 is 0.645 bits per heavy atom. The third-order valence-corrected chi connectivity index (χ3v) is 7.25. The van der Waals surface area contributed by atoms with E-state index in [9.17, 15) is 0 Å². The number of ether oxygens (including phenoxy) is 2. The van der Waals surface area contributed by atoms with Gasteiger partial charge in [0.05, 0.1) is 0 Å². The summed E-state index contributed by atoms with van der Waals surface area (Å²) in [5.74, 6) is 1.83. The Hall–Kier alpha value is -1.73. The molecule has 5 heteroatoms. The molecular formula is C26H29Cl2O2P. The van der Waals surface area contributed by atoms with Crippen molar-refractivity contribution in [2.24, 2.45) is 0 Å². The van der Waals surface area contributed by atoms with Crippen LogP contribution in [0.3, 0.4) is 0 Å². The molecule has 0 aliphatic heterocycles. The van der Waals surface area contributed by atoms with Gasteiger partial charge < -0.3 is 9.47 Å². The van der Waals surface area contributed by atoms with Crippen LogP contribution in [0.25, 0.3) is 0 Å². The highest BCUT2D eigenvalue weighted by molar-refractivity contribution is 8.09. The molecule has 2 nitrogen and oxygen atoms in total. The van der Waals surface area contributed by atoms with Crippen LogP contribution in [0.2, 0.25) is 0 Å². The second kappa shape index (κ2) is 10.3. The summed E-state index contributed by atoms with van der Waals surface area (Å²) in [5, 5.41) is 0.922. The van der Waals surface area contributed by atoms with Gasteiger partial charge in [-0.3, -0.25) is 0 Å². The second-order valence-corrected chi connectivity index (χ2v) is 11.7. The number of hydrogen-bond acceptors (Lipinski definition) is 2. The second-order valence-electron chi connectivity index (χ2n) is 8.19. The van der Waals surface area contributed by atoms with Crippen molar-refractivity contribution in [1.82, 2.24) is 0 Å². The van der Waals surface area contributed by atoms with E-state index < -0.39 is 6.63 Å². The lowest BCUT2D eigenvalue weighted by molar-refractivity contribution is 0.297. The maximum atomic E-state index is 6.46. The third kappa shape index (κ3) is 5.75. The van der Waals surface area contributed by atoms with E-state index in [2.05, 4.69) is 65.8 Å². The zero-order chi connectivity index (χ0) is 22.7. The van der Waals surface area contributed by atoms with Crippen molar-refractivity contribution < 1.29 is 9.47 Å². The third-order valence-electron chi connectivity index (χ3n) is 5.33. The summed E-state index contributed by atoms with van der Waals surface area (Å²) in [5.41, 5.74) is 8.96. The standard InChI is InChI=1S/C26H29Cl2O2P/c1-16-10-18(3)24(19(4)11-16)29-14-22-8-7-9-23(26(22)31(27)28)15-30-25-20(5)12-17(2)13-21(25)6/h7-13H,14-15H2,1-6H3. The lowest BCUT2D eigenvalue weighted by Gasteiger charge is -2.19. The highest BCUT2D eigenvalue weighted by atomic mass is 35.9. The van der Waals surface area contributed by atoms with Gasteiger partial charge >= 0.3 is 0 Å². The van der Waals surface area contributed by atoms with Crippen LogP contribution in [0, 0.1) is 41.5 Å². The molecule has 3 aromatic rings. The van der Waals surface area contributed by atoms with Crippen LogP contribution >= 0.6 is 29.1 Å². The van der Waals surface area contributed by atoms with Gasteiger partial charge in [-0.25, -0.2) is 0 Å². The fourth-order valence-corrected chi connectivity index (χ4v) is 6.20. The molecule has 0 amide bonds. The minimum atomic E-state index is -1.35. The molecule has 31 heavy (non-hydrogen) atoms. The van der Waals surface area contributed by atoms with Gasteiger partial charge in [-0.2, -0.15) is 0 Å². The summed E-state index contributed by atoms with van der Waals surface area (Å²) >= 11 is 12.9. The average molecular weight is 475 g/mol. The molecule has 0 saturated heterocycles. The SMILES string of the molecule is Cc1cc(C)c(OCc2cccc(COc3c(C)cc(C)cc3C)c2P(Cl)Cl)c(C)c1. The predicted octanol–water partition coefficient (Wildman–Crippen LogP) is 8.11. The van der Waals surface area contributed by atoms with Crippen LogP contribution in [-0.2, 0) is 13.2 Å². The molecule has 3 aromatic carbocycles. The Balaban J connectivity index is 1.85. The topological polar surface area (TPSA) is 18.5 Å². The van der Waals surface area contributed by atoms with Gasteiger partial charge in [0.25, 0.3) is 0 Å². The first kappa shape index (κ1) is 23.9. The molecule has 3 rings (SSSR count). The monoisotopic (exact) mass is 474 g/mol. The van der Waals surface area contributed by atoms with Crippen molar-refractivity contribution in [3.8, 4) is 11.5 Å².